The molecule has 0 bridgehead atoms. The van der Waals surface area contributed by atoms with Crippen LogP contribution in [0.4, 0.5) is 22.0 Å². The second kappa shape index (κ2) is 13.1. The summed E-state index contributed by atoms with van der Waals surface area (Å²) in [6.07, 6.45) is -4.06. The molecule has 8 nitrogen and oxygen atoms in total. The largest absolute Gasteiger partial charge is 0.497 e. The molecular weight excluding hydrogens is 591 g/mol. The molecule has 44 heavy (non-hydrogen) atoms. The number of nitrogens with zero attached hydrogens (tertiary/aromatic N) is 2. The van der Waals surface area contributed by atoms with Crippen LogP contribution in [0, 0.1) is 25.5 Å². The molecule has 0 radical (unpaired) electrons. The van der Waals surface area contributed by atoms with E-state index in [1.807, 2.05) is 0 Å². The number of methoxy groups -OCH3 is 2. The number of aromatic nitrogens is 2. The summed E-state index contributed by atoms with van der Waals surface area (Å²) in [4.78, 5) is 20.8. The molecule has 4 aromatic rings. The first kappa shape index (κ1) is 32.0. The Morgan fingerprint density at radius 3 is 2.25 bits per heavy atom. The van der Waals surface area contributed by atoms with Crippen LogP contribution in [0.2, 0.25) is 0 Å². The average molecular weight is 619 g/mol. The van der Waals surface area contributed by atoms with Gasteiger partial charge in [-0.05, 0) is 56.2 Å². The van der Waals surface area contributed by atoms with Crippen molar-refractivity contribution in [2.24, 2.45) is 0 Å². The highest BCUT2D eigenvalue weighted by Gasteiger charge is 2.37. The maximum atomic E-state index is 14.4. The van der Waals surface area contributed by atoms with Gasteiger partial charge in [-0.3, -0.25) is 4.98 Å². The molecular formula is C31H27F5N2O6. The van der Waals surface area contributed by atoms with Crippen LogP contribution in [0.15, 0.2) is 48.7 Å². The summed E-state index contributed by atoms with van der Waals surface area (Å²) in [5, 5.41) is 0. The molecule has 0 atom stereocenters. The van der Waals surface area contributed by atoms with Crippen LogP contribution in [0.1, 0.15) is 39.8 Å². The molecule has 4 rings (SSSR count). The molecule has 2 heterocycles. The van der Waals surface area contributed by atoms with Gasteiger partial charge in [-0.15, -0.1) is 0 Å². The van der Waals surface area contributed by atoms with Crippen molar-refractivity contribution in [3.63, 3.8) is 0 Å². The number of ether oxygens (including phenoxy) is 5. The first-order chi connectivity index (χ1) is 20.9. The van der Waals surface area contributed by atoms with E-state index in [0.717, 1.165) is 32.4 Å². The van der Waals surface area contributed by atoms with E-state index < -0.39 is 35.2 Å². The number of alkyl halides is 3. The van der Waals surface area contributed by atoms with Crippen LogP contribution < -0.4 is 18.9 Å². The lowest BCUT2D eigenvalue weighted by molar-refractivity contribution is -0.141. The van der Waals surface area contributed by atoms with Gasteiger partial charge in [-0.2, -0.15) is 17.6 Å². The fourth-order valence-corrected chi connectivity index (χ4v) is 4.39. The highest BCUT2D eigenvalue weighted by atomic mass is 19.4. The molecule has 0 amide bonds. The van der Waals surface area contributed by atoms with Crippen molar-refractivity contribution in [2.75, 3.05) is 20.8 Å². The number of rotatable bonds is 10. The molecule has 0 N–H and O–H groups in total. The highest BCUT2D eigenvalue weighted by Crippen LogP contribution is 2.44. The molecule has 232 valence electrons. The lowest BCUT2D eigenvalue weighted by Gasteiger charge is -2.20. The minimum Gasteiger partial charge on any atom is -0.497 e. The van der Waals surface area contributed by atoms with Gasteiger partial charge in [0.15, 0.2) is 17.3 Å². The van der Waals surface area contributed by atoms with Gasteiger partial charge < -0.3 is 23.7 Å². The number of carbonyl (C=O) groups is 1. The van der Waals surface area contributed by atoms with Gasteiger partial charge in [-0.1, -0.05) is 12.1 Å². The molecule has 0 aliphatic rings. The molecule has 0 aliphatic carbocycles. The number of carbonyl (C=O) groups excluding carboxylic acids is 1. The van der Waals surface area contributed by atoms with Crippen LogP contribution >= 0.6 is 0 Å². The quantitative estimate of drug-likeness (QED) is 0.133. The number of hydrogen-bond donors (Lipinski definition) is 0. The number of halogens is 5. The Hall–Kier alpha value is -4.94. The second-order valence-corrected chi connectivity index (χ2v) is 9.29. The summed E-state index contributed by atoms with van der Waals surface area (Å²) in [5.41, 5.74) is -1.12. The van der Waals surface area contributed by atoms with Crippen molar-refractivity contribution in [1.29, 1.82) is 0 Å². The van der Waals surface area contributed by atoms with E-state index in [4.69, 9.17) is 23.7 Å². The minimum atomic E-state index is -4.86. The summed E-state index contributed by atoms with van der Waals surface area (Å²) in [5.74, 6) is -3.96. The van der Waals surface area contributed by atoms with Gasteiger partial charge in [0, 0.05) is 11.6 Å². The predicted molar refractivity (Wildman–Crippen MR) is 148 cm³/mol. The zero-order chi connectivity index (χ0) is 32.2. The zero-order valence-corrected chi connectivity index (χ0v) is 24.3. The SMILES string of the molecule is CCOC(=O)c1c(OCc2ccc(OC)cc2)cc(-c2c(Oc3ccc(F)c(F)c3OC)cnc(C(F)(F)F)c2C)nc1C. The van der Waals surface area contributed by atoms with Gasteiger partial charge in [0.2, 0.25) is 11.6 Å². The summed E-state index contributed by atoms with van der Waals surface area (Å²) >= 11 is 0. The lowest BCUT2D eigenvalue weighted by atomic mass is 10.0. The number of hydrogen-bond acceptors (Lipinski definition) is 8. The van der Waals surface area contributed by atoms with Gasteiger partial charge >= 0.3 is 12.1 Å². The summed E-state index contributed by atoms with van der Waals surface area (Å²) < 4.78 is 97.2. The molecule has 0 unspecified atom stereocenters. The smallest absolute Gasteiger partial charge is 0.433 e. The van der Waals surface area contributed by atoms with Crippen molar-refractivity contribution in [1.82, 2.24) is 9.97 Å². The maximum Gasteiger partial charge on any atom is 0.433 e. The molecule has 0 spiro atoms. The molecule has 0 saturated carbocycles. The molecule has 13 heteroatoms. The minimum absolute atomic E-state index is 0.0251. The monoisotopic (exact) mass is 618 g/mol. The normalized spacial score (nSPS) is 11.2. The number of esters is 1. The Morgan fingerprint density at radius 1 is 0.932 bits per heavy atom. The maximum absolute atomic E-state index is 14.4. The Morgan fingerprint density at radius 2 is 1.64 bits per heavy atom. The molecule has 2 aromatic heterocycles. The van der Waals surface area contributed by atoms with E-state index in [9.17, 15) is 26.7 Å². The molecule has 0 aliphatic heterocycles. The third kappa shape index (κ3) is 6.66. The Kier molecular flexibility index (Phi) is 9.56. The van der Waals surface area contributed by atoms with Crippen LogP contribution in [0.25, 0.3) is 11.3 Å². The van der Waals surface area contributed by atoms with Crippen LogP contribution in [0.5, 0.6) is 28.7 Å². The number of benzene rings is 2. The van der Waals surface area contributed by atoms with E-state index >= 15 is 0 Å². The van der Waals surface area contributed by atoms with Crippen molar-refractivity contribution in [2.45, 2.75) is 33.6 Å². The summed E-state index contributed by atoms with van der Waals surface area (Å²) in [6.45, 7) is 4.26. The average Bonchev–Trinajstić information content (AvgIpc) is 2.97. The Balaban J connectivity index is 1.90. The van der Waals surface area contributed by atoms with Gasteiger partial charge in [0.05, 0.1) is 38.4 Å². The van der Waals surface area contributed by atoms with Crippen LogP contribution in [-0.2, 0) is 17.5 Å². The van der Waals surface area contributed by atoms with E-state index in [1.54, 1.807) is 31.2 Å². The van der Waals surface area contributed by atoms with E-state index in [2.05, 4.69) is 9.97 Å². The second-order valence-electron chi connectivity index (χ2n) is 9.29. The summed E-state index contributed by atoms with van der Waals surface area (Å²) in [6, 6.07) is 10.0. The first-order valence-electron chi connectivity index (χ1n) is 13.1. The molecule has 2 aromatic carbocycles. The third-order valence-corrected chi connectivity index (χ3v) is 6.45. The summed E-state index contributed by atoms with van der Waals surface area (Å²) in [7, 11) is 2.59. The Labute approximate surface area is 249 Å². The predicted octanol–water partition coefficient (Wildman–Crippen LogP) is 7.62. The standard InChI is InChI=1S/C31H27F5N2O6/c1-6-42-30(39)26-17(3)38-21(13-23(26)43-15-18-7-9-19(40-4)10-8-18)25-16(2)29(31(34,35)36)37-14-24(25)44-22-12-11-20(32)27(33)28(22)41-5/h7-14H,6,15H2,1-5H3. The highest BCUT2D eigenvalue weighted by molar-refractivity contribution is 5.94. The topological polar surface area (TPSA) is 89.0 Å². The third-order valence-electron chi connectivity index (χ3n) is 6.45. The van der Waals surface area contributed by atoms with Gasteiger partial charge in [0.25, 0.3) is 0 Å². The lowest BCUT2D eigenvalue weighted by Crippen LogP contribution is -2.14. The van der Waals surface area contributed by atoms with E-state index in [-0.39, 0.29) is 58.5 Å². The van der Waals surface area contributed by atoms with Crippen molar-refractivity contribution < 1.29 is 50.4 Å². The zero-order valence-electron chi connectivity index (χ0n) is 24.3. The molecule has 0 saturated heterocycles. The first-order valence-corrected chi connectivity index (χ1v) is 13.1. The van der Waals surface area contributed by atoms with Crippen molar-refractivity contribution >= 4 is 5.97 Å². The van der Waals surface area contributed by atoms with Crippen molar-refractivity contribution in [3.05, 3.63) is 88.4 Å². The molecule has 0 fully saturated rings. The fraction of sp³-hybridized carbons (Fsp3) is 0.258. The van der Waals surface area contributed by atoms with E-state index in [1.165, 1.54) is 20.1 Å². The van der Waals surface area contributed by atoms with Crippen LogP contribution in [0.3, 0.4) is 0 Å². The fourth-order valence-electron chi connectivity index (χ4n) is 4.39. The number of pyridine rings is 2. The number of aryl methyl sites for hydroxylation is 1. The van der Waals surface area contributed by atoms with Crippen molar-refractivity contribution in [3.8, 4) is 40.0 Å². The van der Waals surface area contributed by atoms with Crippen LogP contribution in [-0.4, -0.2) is 36.8 Å². The Bertz CT molecular complexity index is 1680. The van der Waals surface area contributed by atoms with E-state index in [0.29, 0.717) is 11.3 Å². The van der Waals surface area contributed by atoms with Gasteiger partial charge in [-0.25, -0.2) is 14.2 Å². The van der Waals surface area contributed by atoms with Gasteiger partial charge in [0.1, 0.15) is 29.4 Å².